The molecule has 0 bridgehead atoms. The minimum atomic E-state index is -0.723. The molecule has 0 spiro atoms. The Morgan fingerprint density at radius 2 is 2.07 bits per heavy atom. The molecule has 1 aromatic carbocycles. The standard InChI is InChI=1S/C11H13NO2/c12-10(8-13)7-11(14)6-9-4-2-1-3-5-9/h1-5,7-8,10,14H,6,12H2/b11-7-. The summed E-state index contributed by atoms with van der Waals surface area (Å²) in [6, 6.07) is 8.76. The van der Waals surface area contributed by atoms with Crippen LogP contribution in [-0.2, 0) is 11.2 Å². The first-order valence-corrected chi connectivity index (χ1v) is 4.37. The van der Waals surface area contributed by atoms with Gasteiger partial charge in [-0.15, -0.1) is 0 Å². The van der Waals surface area contributed by atoms with Gasteiger partial charge >= 0.3 is 0 Å². The maximum atomic E-state index is 10.2. The van der Waals surface area contributed by atoms with E-state index >= 15 is 0 Å². The number of benzene rings is 1. The Labute approximate surface area is 82.9 Å². The molecule has 0 saturated carbocycles. The van der Waals surface area contributed by atoms with Crippen molar-refractivity contribution in [3.05, 3.63) is 47.7 Å². The van der Waals surface area contributed by atoms with Crippen LogP contribution in [0.1, 0.15) is 5.56 Å². The quantitative estimate of drug-likeness (QED) is 0.555. The number of nitrogens with two attached hydrogens (primary N) is 1. The number of aldehydes is 1. The van der Waals surface area contributed by atoms with E-state index < -0.39 is 6.04 Å². The molecule has 0 heterocycles. The first-order valence-electron chi connectivity index (χ1n) is 4.37. The van der Waals surface area contributed by atoms with E-state index in [1.165, 1.54) is 6.08 Å². The number of rotatable bonds is 4. The smallest absolute Gasteiger partial charge is 0.140 e. The maximum absolute atomic E-state index is 10.2. The number of carbonyl (C=O) groups excluding carboxylic acids is 1. The molecule has 3 nitrogen and oxygen atoms in total. The summed E-state index contributed by atoms with van der Waals surface area (Å²) in [7, 11) is 0. The Morgan fingerprint density at radius 3 is 2.64 bits per heavy atom. The lowest BCUT2D eigenvalue weighted by molar-refractivity contribution is -0.108. The van der Waals surface area contributed by atoms with E-state index in [9.17, 15) is 9.90 Å². The normalized spacial score (nSPS) is 13.6. The number of aliphatic hydroxyl groups excluding tert-OH is 1. The fraction of sp³-hybridized carbons (Fsp3) is 0.182. The van der Waals surface area contributed by atoms with Gasteiger partial charge in [-0.05, 0) is 11.6 Å². The van der Waals surface area contributed by atoms with Crippen LogP contribution >= 0.6 is 0 Å². The van der Waals surface area contributed by atoms with E-state index in [0.29, 0.717) is 12.7 Å². The average molecular weight is 191 g/mol. The fourth-order valence-corrected chi connectivity index (χ4v) is 1.13. The first kappa shape index (κ1) is 10.5. The zero-order chi connectivity index (χ0) is 10.4. The molecular weight excluding hydrogens is 178 g/mol. The van der Waals surface area contributed by atoms with Gasteiger partial charge in [-0.3, -0.25) is 0 Å². The summed E-state index contributed by atoms with van der Waals surface area (Å²) >= 11 is 0. The molecule has 0 amide bonds. The van der Waals surface area contributed by atoms with Gasteiger partial charge in [0.2, 0.25) is 0 Å². The second kappa shape index (κ2) is 5.19. The van der Waals surface area contributed by atoms with Crippen LogP contribution in [0.15, 0.2) is 42.2 Å². The molecule has 1 unspecified atom stereocenters. The third-order valence-electron chi connectivity index (χ3n) is 1.77. The van der Waals surface area contributed by atoms with Crippen molar-refractivity contribution in [2.75, 3.05) is 0 Å². The van der Waals surface area contributed by atoms with Crippen molar-refractivity contribution >= 4 is 6.29 Å². The molecule has 74 valence electrons. The van der Waals surface area contributed by atoms with Crippen molar-refractivity contribution in [3.8, 4) is 0 Å². The molecule has 0 fully saturated rings. The van der Waals surface area contributed by atoms with Gasteiger partial charge < -0.3 is 15.6 Å². The van der Waals surface area contributed by atoms with E-state index in [-0.39, 0.29) is 5.76 Å². The average Bonchev–Trinajstić information content (AvgIpc) is 2.19. The van der Waals surface area contributed by atoms with Crippen molar-refractivity contribution in [1.82, 2.24) is 0 Å². The molecule has 1 atom stereocenters. The van der Waals surface area contributed by atoms with Crippen LogP contribution in [-0.4, -0.2) is 17.4 Å². The molecule has 0 aliphatic carbocycles. The highest BCUT2D eigenvalue weighted by molar-refractivity contribution is 5.60. The summed E-state index contributed by atoms with van der Waals surface area (Å²) in [6.45, 7) is 0. The van der Waals surface area contributed by atoms with E-state index in [1.807, 2.05) is 30.3 Å². The monoisotopic (exact) mass is 191 g/mol. The fourth-order valence-electron chi connectivity index (χ4n) is 1.13. The number of hydrogen-bond acceptors (Lipinski definition) is 3. The van der Waals surface area contributed by atoms with Gasteiger partial charge in [0.1, 0.15) is 6.29 Å². The number of aliphatic hydroxyl groups is 1. The van der Waals surface area contributed by atoms with Gasteiger partial charge in [0.25, 0.3) is 0 Å². The Bertz CT molecular complexity index is 319. The minimum Gasteiger partial charge on any atom is -0.512 e. The summed E-state index contributed by atoms with van der Waals surface area (Å²) < 4.78 is 0. The van der Waals surface area contributed by atoms with Gasteiger partial charge in [-0.2, -0.15) is 0 Å². The maximum Gasteiger partial charge on any atom is 0.140 e. The minimum absolute atomic E-state index is 0.121. The van der Waals surface area contributed by atoms with Crippen LogP contribution < -0.4 is 5.73 Å². The highest BCUT2D eigenvalue weighted by Gasteiger charge is 2.00. The number of allylic oxidation sites excluding steroid dienone is 1. The van der Waals surface area contributed by atoms with Crippen molar-refractivity contribution in [3.63, 3.8) is 0 Å². The Balaban J connectivity index is 2.61. The zero-order valence-electron chi connectivity index (χ0n) is 7.76. The van der Waals surface area contributed by atoms with E-state index in [4.69, 9.17) is 5.73 Å². The number of hydrogen-bond donors (Lipinski definition) is 2. The number of carbonyl (C=O) groups is 1. The topological polar surface area (TPSA) is 63.3 Å². The molecule has 1 rings (SSSR count). The van der Waals surface area contributed by atoms with Crippen LogP contribution in [0.5, 0.6) is 0 Å². The highest BCUT2D eigenvalue weighted by Crippen LogP contribution is 2.05. The van der Waals surface area contributed by atoms with E-state index in [0.717, 1.165) is 5.56 Å². The Kier molecular flexibility index (Phi) is 3.88. The lowest BCUT2D eigenvalue weighted by atomic mass is 10.1. The lowest BCUT2D eigenvalue weighted by Crippen LogP contribution is -2.19. The molecule has 3 heteroatoms. The van der Waals surface area contributed by atoms with Crippen molar-refractivity contribution in [2.24, 2.45) is 5.73 Å². The third kappa shape index (κ3) is 3.41. The van der Waals surface area contributed by atoms with Crippen LogP contribution in [0, 0.1) is 0 Å². The molecule has 14 heavy (non-hydrogen) atoms. The van der Waals surface area contributed by atoms with Crippen LogP contribution in [0.3, 0.4) is 0 Å². The van der Waals surface area contributed by atoms with E-state index in [1.54, 1.807) is 0 Å². The first-order chi connectivity index (χ1) is 6.72. The van der Waals surface area contributed by atoms with Gasteiger partial charge in [-0.25, -0.2) is 0 Å². The predicted molar refractivity (Wildman–Crippen MR) is 54.9 cm³/mol. The van der Waals surface area contributed by atoms with Crippen molar-refractivity contribution in [2.45, 2.75) is 12.5 Å². The van der Waals surface area contributed by atoms with Crippen LogP contribution in [0.25, 0.3) is 0 Å². The second-order valence-corrected chi connectivity index (χ2v) is 3.03. The third-order valence-corrected chi connectivity index (χ3v) is 1.77. The van der Waals surface area contributed by atoms with Gasteiger partial charge in [0, 0.05) is 6.42 Å². The van der Waals surface area contributed by atoms with Crippen molar-refractivity contribution in [1.29, 1.82) is 0 Å². The molecule has 0 radical (unpaired) electrons. The zero-order valence-corrected chi connectivity index (χ0v) is 7.76. The second-order valence-electron chi connectivity index (χ2n) is 3.03. The molecule has 1 aromatic rings. The molecule has 0 aliphatic heterocycles. The summed E-state index contributed by atoms with van der Waals surface area (Å²) in [6.07, 6.45) is 2.34. The Morgan fingerprint density at radius 1 is 1.43 bits per heavy atom. The molecule has 0 aromatic heterocycles. The molecule has 3 N–H and O–H groups in total. The van der Waals surface area contributed by atoms with E-state index in [2.05, 4.69) is 0 Å². The van der Waals surface area contributed by atoms with Crippen LogP contribution in [0.4, 0.5) is 0 Å². The summed E-state index contributed by atoms with van der Waals surface area (Å²) in [4.78, 5) is 10.2. The van der Waals surface area contributed by atoms with Gasteiger partial charge in [0.15, 0.2) is 0 Å². The largest absolute Gasteiger partial charge is 0.512 e. The molecular formula is C11H13NO2. The van der Waals surface area contributed by atoms with Crippen LogP contribution in [0.2, 0.25) is 0 Å². The SMILES string of the molecule is NC(C=O)/C=C(\O)Cc1ccccc1. The van der Waals surface area contributed by atoms with Gasteiger partial charge in [-0.1, -0.05) is 30.3 Å². The Hall–Kier alpha value is -1.61. The summed E-state index contributed by atoms with van der Waals surface area (Å²) in [5.74, 6) is 0.121. The lowest BCUT2D eigenvalue weighted by Gasteiger charge is -2.01. The van der Waals surface area contributed by atoms with Gasteiger partial charge in [0.05, 0.1) is 11.8 Å². The molecule has 0 aliphatic rings. The summed E-state index contributed by atoms with van der Waals surface area (Å²) in [5, 5.41) is 9.43. The molecule has 0 saturated heterocycles. The van der Waals surface area contributed by atoms with Crippen molar-refractivity contribution < 1.29 is 9.90 Å². The summed E-state index contributed by atoms with van der Waals surface area (Å²) in [5.41, 5.74) is 6.31. The predicted octanol–water partition coefficient (Wildman–Crippen LogP) is 1.20. The highest BCUT2D eigenvalue weighted by atomic mass is 16.3.